The minimum atomic E-state index is -0.351. The van der Waals surface area contributed by atoms with Crippen LogP contribution in [0.4, 0.5) is 5.69 Å². The van der Waals surface area contributed by atoms with Gasteiger partial charge in [0.1, 0.15) is 17.1 Å². The average molecular weight is 224 g/mol. The number of pyridine rings is 1. The third-order valence-corrected chi connectivity index (χ3v) is 2.00. The largest absolute Gasteiger partial charge is 0.363 e. The van der Waals surface area contributed by atoms with Gasteiger partial charge in [-0.05, 0) is 12.1 Å². The first-order valence-electron chi connectivity index (χ1n) is 4.08. The Kier molecular flexibility index (Phi) is 2.64. The number of nitrogens with one attached hydrogen (secondary N) is 1. The number of carbonyl (C=O) groups excluding carboxylic acids is 1. The van der Waals surface area contributed by atoms with Crippen LogP contribution in [0.1, 0.15) is 10.4 Å². The number of hydrogen-bond acceptors (Lipinski definition) is 4. The zero-order valence-corrected chi connectivity index (χ0v) is 8.23. The molecule has 5 nitrogen and oxygen atoms in total. The fraction of sp³-hybridized carbons (Fsp3) is 0. The van der Waals surface area contributed by atoms with E-state index in [0.717, 1.165) is 0 Å². The molecular formula is C9H6ClN3O2. The second kappa shape index (κ2) is 4.10. The molecule has 15 heavy (non-hydrogen) atoms. The van der Waals surface area contributed by atoms with Crippen LogP contribution < -0.4 is 5.32 Å². The second-order valence-corrected chi connectivity index (χ2v) is 3.07. The zero-order valence-electron chi connectivity index (χ0n) is 7.48. The summed E-state index contributed by atoms with van der Waals surface area (Å²) >= 11 is 5.75. The van der Waals surface area contributed by atoms with Crippen molar-refractivity contribution in [3.63, 3.8) is 0 Å². The van der Waals surface area contributed by atoms with Crippen molar-refractivity contribution in [2.24, 2.45) is 0 Å². The zero-order chi connectivity index (χ0) is 10.7. The number of amides is 1. The topological polar surface area (TPSA) is 68.0 Å². The Morgan fingerprint density at radius 2 is 2.40 bits per heavy atom. The summed E-state index contributed by atoms with van der Waals surface area (Å²) in [5, 5.41) is 6.17. The molecule has 0 aliphatic heterocycles. The van der Waals surface area contributed by atoms with Crippen LogP contribution in [0.3, 0.4) is 0 Å². The summed E-state index contributed by atoms with van der Waals surface area (Å²) in [5.74, 6) is -0.351. The SMILES string of the molecule is O=C(Nc1cnoc1)c1cccnc1Cl. The number of anilines is 1. The highest BCUT2D eigenvalue weighted by Gasteiger charge is 2.11. The molecule has 0 atom stereocenters. The fourth-order valence-corrected chi connectivity index (χ4v) is 1.23. The van der Waals surface area contributed by atoms with Crippen LogP contribution in [0.25, 0.3) is 0 Å². The van der Waals surface area contributed by atoms with Crippen LogP contribution in [-0.4, -0.2) is 16.0 Å². The highest BCUT2D eigenvalue weighted by molar-refractivity contribution is 6.33. The van der Waals surface area contributed by atoms with Gasteiger partial charge in [0.2, 0.25) is 0 Å². The Balaban J connectivity index is 2.19. The highest BCUT2D eigenvalue weighted by Crippen LogP contribution is 2.14. The molecule has 2 aromatic heterocycles. The van der Waals surface area contributed by atoms with Gasteiger partial charge in [-0.15, -0.1) is 0 Å². The molecule has 1 amide bonds. The summed E-state index contributed by atoms with van der Waals surface area (Å²) in [6.07, 6.45) is 4.23. The van der Waals surface area contributed by atoms with Crippen molar-refractivity contribution in [2.45, 2.75) is 0 Å². The van der Waals surface area contributed by atoms with Crippen LogP contribution in [0.5, 0.6) is 0 Å². The number of nitrogens with zero attached hydrogens (tertiary/aromatic N) is 2. The molecule has 0 saturated carbocycles. The van der Waals surface area contributed by atoms with Gasteiger partial charge in [0.15, 0.2) is 0 Å². The molecule has 2 heterocycles. The maximum Gasteiger partial charge on any atom is 0.258 e. The van der Waals surface area contributed by atoms with Gasteiger partial charge in [-0.2, -0.15) is 0 Å². The maximum atomic E-state index is 11.6. The van der Waals surface area contributed by atoms with E-state index in [2.05, 4.69) is 20.0 Å². The summed E-state index contributed by atoms with van der Waals surface area (Å²) in [6, 6.07) is 3.21. The molecule has 1 N–H and O–H groups in total. The van der Waals surface area contributed by atoms with E-state index in [9.17, 15) is 4.79 Å². The molecule has 0 aliphatic carbocycles. The molecule has 2 aromatic rings. The van der Waals surface area contributed by atoms with E-state index in [4.69, 9.17) is 11.6 Å². The average Bonchev–Trinajstić information content (AvgIpc) is 2.71. The quantitative estimate of drug-likeness (QED) is 0.791. The number of aromatic nitrogens is 2. The molecule has 0 fully saturated rings. The van der Waals surface area contributed by atoms with Gasteiger partial charge in [0, 0.05) is 6.20 Å². The summed E-state index contributed by atoms with van der Waals surface area (Å²) in [4.78, 5) is 15.4. The molecule has 2 rings (SSSR count). The molecular weight excluding hydrogens is 218 g/mol. The van der Waals surface area contributed by atoms with Crippen molar-refractivity contribution in [1.82, 2.24) is 10.1 Å². The molecule has 0 saturated heterocycles. The summed E-state index contributed by atoms with van der Waals surface area (Å²) in [5.41, 5.74) is 0.778. The van der Waals surface area contributed by atoms with Crippen LogP contribution in [0.15, 0.2) is 35.3 Å². The first kappa shape index (κ1) is 9.67. The van der Waals surface area contributed by atoms with Crippen LogP contribution >= 0.6 is 11.6 Å². The molecule has 0 bridgehead atoms. The fourth-order valence-electron chi connectivity index (χ4n) is 1.02. The lowest BCUT2D eigenvalue weighted by Crippen LogP contribution is -2.12. The number of halogens is 1. The standard InChI is InChI=1S/C9H6ClN3O2/c10-8-7(2-1-3-11-8)9(14)13-6-4-12-15-5-6/h1-5H,(H,13,14). The number of carbonyl (C=O) groups is 1. The van der Waals surface area contributed by atoms with Gasteiger partial charge in [-0.1, -0.05) is 16.8 Å². The first-order chi connectivity index (χ1) is 7.27. The molecule has 0 spiro atoms. The minimum absolute atomic E-state index is 0.159. The Bertz CT molecular complexity index is 470. The lowest BCUT2D eigenvalue weighted by atomic mass is 10.2. The van der Waals surface area contributed by atoms with Gasteiger partial charge in [0.25, 0.3) is 5.91 Å². The lowest BCUT2D eigenvalue weighted by Gasteiger charge is -2.02. The lowest BCUT2D eigenvalue weighted by molar-refractivity contribution is 0.102. The van der Waals surface area contributed by atoms with Gasteiger partial charge in [0.05, 0.1) is 11.8 Å². The van der Waals surface area contributed by atoms with E-state index in [0.29, 0.717) is 11.3 Å². The van der Waals surface area contributed by atoms with Gasteiger partial charge in [-0.3, -0.25) is 4.79 Å². The van der Waals surface area contributed by atoms with Crippen molar-refractivity contribution in [2.75, 3.05) is 5.32 Å². The van der Waals surface area contributed by atoms with Crippen molar-refractivity contribution < 1.29 is 9.32 Å². The van der Waals surface area contributed by atoms with Crippen molar-refractivity contribution in [1.29, 1.82) is 0 Å². The minimum Gasteiger partial charge on any atom is -0.363 e. The predicted molar refractivity (Wildman–Crippen MR) is 53.7 cm³/mol. The van der Waals surface area contributed by atoms with E-state index in [1.165, 1.54) is 18.7 Å². The molecule has 0 aliphatic rings. The molecule has 6 heteroatoms. The Hall–Kier alpha value is -1.88. The van der Waals surface area contributed by atoms with E-state index >= 15 is 0 Å². The number of rotatable bonds is 2. The third kappa shape index (κ3) is 2.13. The second-order valence-electron chi connectivity index (χ2n) is 2.71. The molecule has 0 aromatic carbocycles. The van der Waals surface area contributed by atoms with Gasteiger partial charge in [-0.25, -0.2) is 4.98 Å². The smallest absolute Gasteiger partial charge is 0.258 e. The molecule has 0 unspecified atom stereocenters. The van der Waals surface area contributed by atoms with Crippen molar-refractivity contribution in [3.8, 4) is 0 Å². The van der Waals surface area contributed by atoms with Crippen molar-refractivity contribution in [3.05, 3.63) is 41.5 Å². The number of hydrogen-bond donors (Lipinski definition) is 1. The Morgan fingerprint density at radius 1 is 1.53 bits per heavy atom. The first-order valence-corrected chi connectivity index (χ1v) is 4.46. The van der Waals surface area contributed by atoms with Crippen LogP contribution in [-0.2, 0) is 0 Å². The third-order valence-electron chi connectivity index (χ3n) is 1.69. The predicted octanol–water partition coefficient (Wildman–Crippen LogP) is 1.98. The highest BCUT2D eigenvalue weighted by atomic mass is 35.5. The van der Waals surface area contributed by atoms with Gasteiger partial charge < -0.3 is 9.84 Å². The van der Waals surface area contributed by atoms with E-state index in [1.807, 2.05) is 0 Å². The summed E-state index contributed by atoms with van der Waals surface area (Å²) in [7, 11) is 0. The Morgan fingerprint density at radius 3 is 3.07 bits per heavy atom. The molecule has 0 radical (unpaired) electrons. The molecule has 76 valence electrons. The monoisotopic (exact) mass is 223 g/mol. The summed E-state index contributed by atoms with van der Waals surface area (Å²) in [6.45, 7) is 0. The summed E-state index contributed by atoms with van der Waals surface area (Å²) < 4.78 is 4.57. The van der Waals surface area contributed by atoms with Crippen LogP contribution in [0, 0.1) is 0 Å². The van der Waals surface area contributed by atoms with Gasteiger partial charge >= 0.3 is 0 Å². The maximum absolute atomic E-state index is 11.6. The van der Waals surface area contributed by atoms with E-state index < -0.39 is 0 Å². The normalized spacial score (nSPS) is 9.93. The van der Waals surface area contributed by atoms with Crippen molar-refractivity contribution >= 4 is 23.2 Å². The van der Waals surface area contributed by atoms with Crippen LogP contribution in [0.2, 0.25) is 5.15 Å². The Labute approximate surface area is 90.1 Å². The van der Waals surface area contributed by atoms with E-state index in [-0.39, 0.29) is 11.1 Å². The van der Waals surface area contributed by atoms with E-state index in [1.54, 1.807) is 12.1 Å².